The number of rotatable bonds is 3. The summed E-state index contributed by atoms with van der Waals surface area (Å²) in [4.78, 5) is 0.394. The Morgan fingerprint density at radius 3 is 2.58 bits per heavy atom. The molecule has 106 valence electrons. The summed E-state index contributed by atoms with van der Waals surface area (Å²) in [6, 6.07) is 5.42. The van der Waals surface area contributed by atoms with E-state index in [0.29, 0.717) is 18.0 Å². The second-order valence-electron chi connectivity index (χ2n) is 5.80. The fraction of sp³-hybridized carbons (Fsp3) is 0.571. The summed E-state index contributed by atoms with van der Waals surface area (Å²) < 4.78 is 27.3. The lowest BCUT2D eigenvalue weighted by atomic mass is 10.0. The standard InChI is InChI=1S/C14H22N2O2S/c1-11-5-6-12(10-15)9-13(11)19(17,18)16-8-4-7-14(16,2)3/h5-6,9H,4,7-8,10,15H2,1-3H3. The highest BCUT2D eigenvalue weighted by atomic mass is 32.2. The van der Waals surface area contributed by atoms with Crippen LogP contribution in [0.25, 0.3) is 0 Å². The van der Waals surface area contributed by atoms with E-state index in [0.717, 1.165) is 24.0 Å². The molecule has 1 aromatic rings. The molecule has 0 aromatic heterocycles. The summed E-state index contributed by atoms with van der Waals surface area (Å²) in [7, 11) is -3.43. The van der Waals surface area contributed by atoms with Crippen molar-refractivity contribution in [2.75, 3.05) is 6.54 Å². The normalized spacial score (nSPS) is 19.8. The Kier molecular flexibility index (Phi) is 3.73. The van der Waals surface area contributed by atoms with Crippen molar-refractivity contribution in [1.82, 2.24) is 4.31 Å². The fourth-order valence-corrected chi connectivity index (χ4v) is 4.82. The maximum Gasteiger partial charge on any atom is 0.243 e. The van der Waals surface area contributed by atoms with Crippen LogP contribution in [0.1, 0.15) is 37.8 Å². The molecule has 19 heavy (non-hydrogen) atoms. The molecule has 1 saturated heterocycles. The van der Waals surface area contributed by atoms with Crippen molar-refractivity contribution in [3.05, 3.63) is 29.3 Å². The van der Waals surface area contributed by atoms with Crippen molar-refractivity contribution in [3.8, 4) is 0 Å². The molecule has 1 heterocycles. The minimum absolute atomic E-state index is 0.302. The van der Waals surface area contributed by atoms with Gasteiger partial charge in [0.05, 0.1) is 4.90 Å². The van der Waals surface area contributed by atoms with Crippen LogP contribution in [0.5, 0.6) is 0 Å². The average molecular weight is 282 g/mol. The van der Waals surface area contributed by atoms with E-state index in [4.69, 9.17) is 5.73 Å². The van der Waals surface area contributed by atoms with Gasteiger partial charge in [-0.15, -0.1) is 0 Å². The Morgan fingerprint density at radius 2 is 2.05 bits per heavy atom. The van der Waals surface area contributed by atoms with Crippen LogP contribution in [-0.4, -0.2) is 24.8 Å². The Balaban J connectivity index is 2.51. The highest BCUT2D eigenvalue weighted by molar-refractivity contribution is 7.89. The highest BCUT2D eigenvalue weighted by Gasteiger charge is 2.41. The van der Waals surface area contributed by atoms with Gasteiger partial charge in [0.25, 0.3) is 0 Å². The predicted octanol–water partition coefficient (Wildman–Crippen LogP) is 2.02. The van der Waals surface area contributed by atoms with Gasteiger partial charge in [0.15, 0.2) is 0 Å². The van der Waals surface area contributed by atoms with E-state index in [-0.39, 0.29) is 5.54 Å². The van der Waals surface area contributed by atoms with Gasteiger partial charge in [0.1, 0.15) is 0 Å². The van der Waals surface area contributed by atoms with Crippen molar-refractivity contribution >= 4 is 10.0 Å². The molecule has 1 aliphatic rings. The van der Waals surface area contributed by atoms with E-state index in [2.05, 4.69) is 0 Å². The van der Waals surface area contributed by atoms with Crippen LogP contribution in [0.15, 0.2) is 23.1 Å². The molecular formula is C14H22N2O2S. The second kappa shape index (κ2) is 4.89. The zero-order chi connectivity index (χ0) is 14.3. The average Bonchev–Trinajstić information content (AvgIpc) is 2.70. The number of hydrogen-bond acceptors (Lipinski definition) is 3. The monoisotopic (exact) mass is 282 g/mol. The van der Waals surface area contributed by atoms with E-state index >= 15 is 0 Å². The topological polar surface area (TPSA) is 63.4 Å². The molecule has 0 spiro atoms. The smallest absolute Gasteiger partial charge is 0.243 e. The van der Waals surface area contributed by atoms with E-state index in [1.165, 1.54) is 0 Å². The van der Waals surface area contributed by atoms with Gasteiger partial charge in [-0.1, -0.05) is 12.1 Å². The van der Waals surface area contributed by atoms with Crippen LogP contribution >= 0.6 is 0 Å². The summed E-state index contributed by atoms with van der Waals surface area (Å²) in [5.41, 5.74) is 6.93. The molecule has 0 atom stereocenters. The van der Waals surface area contributed by atoms with Gasteiger partial charge in [-0.05, 0) is 50.8 Å². The van der Waals surface area contributed by atoms with E-state index in [1.54, 1.807) is 10.4 Å². The largest absolute Gasteiger partial charge is 0.326 e. The third-order valence-electron chi connectivity index (χ3n) is 3.88. The van der Waals surface area contributed by atoms with Gasteiger partial charge in [-0.3, -0.25) is 0 Å². The first-order valence-corrected chi connectivity index (χ1v) is 8.05. The van der Waals surface area contributed by atoms with Crippen LogP contribution in [0.2, 0.25) is 0 Å². The van der Waals surface area contributed by atoms with Crippen LogP contribution in [0.4, 0.5) is 0 Å². The molecule has 0 radical (unpaired) electrons. The SMILES string of the molecule is Cc1ccc(CN)cc1S(=O)(=O)N1CCCC1(C)C. The molecule has 5 heteroatoms. The first kappa shape index (κ1) is 14.5. The summed E-state index contributed by atoms with van der Waals surface area (Å²) in [6.45, 7) is 6.75. The lowest BCUT2D eigenvalue weighted by Crippen LogP contribution is -2.42. The van der Waals surface area contributed by atoms with Crippen LogP contribution < -0.4 is 5.73 Å². The second-order valence-corrected chi connectivity index (χ2v) is 7.63. The lowest BCUT2D eigenvalue weighted by molar-refractivity contribution is 0.291. The molecule has 2 rings (SSSR count). The molecule has 0 amide bonds. The Morgan fingerprint density at radius 1 is 1.37 bits per heavy atom. The van der Waals surface area contributed by atoms with Gasteiger partial charge >= 0.3 is 0 Å². The minimum atomic E-state index is -3.43. The van der Waals surface area contributed by atoms with Crippen LogP contribution in [0, 0.1) is 6.92 Å². The van der Waals surface area contributed by atoms with Gasteiger partial charge in [0.2, 0.25) is 10.0 Å². The zero-order valence-electron chi connectivity index (χ0n) is 11.8. The third-order valence-corrected chi connectivity index (χ3v) is 6.13. The number of sulfonamides is 1. The maximum absolute atomic E-state index is 12.8. The Labute approximate surface area is 115 Å². The molecule has 0 bridgehead atoms. The van der Waals surface area contributed by atoms with Gasteiger partial charge in [-0.2, -0.15) is 4.31 Å². The van der Waals surface area contributed by atoms with Crippen molar-refractivity contribution in [2.24, 2.45) is 5.73 Å². The van der Waals surface area contributed by atoms with Crippen LogP contribution in [-0.2, 0) is 16.6 Å². The number of nitrogens with two attached hydrogens (primary N) is 1. The van der Waals surface area contributed by atoms with E-state index < -0.39 is 10.0 Å². The zero-order valence-corrected chi connectivity index (χ0v) is 12.6. The maximum atomic E-state index is 12.8. The van der Waals surface area contributed by atoms with Gasteiger partial charge < -0.3 is 5.73 Å². The molecule has 0 saturated carbocycles. The predicted molar refractivity (Wildman–Crippen MR) is 76.3 cm³/mol. The molecule has 2 N–H and O–H groups in total. The molecule has 1 aliphatic heterocycles. The number of benzene rings is 1. The number of hydrogen-bond donors (Lipinski definition) is 1. The summed E-state index contributed by atoms with van der Waals surface area (Å²) in [5.74, 6) is 0. The van der Waals surface area contributed by atoms with Crippen molar-refractivity contribution in [2.45, 2.75) is 50.6 Å². The number of aryl methyl sites for hydroxylation is 1. The molecule has 1 aromatic carbocycles. The van der Waals surface area contributed by atoms with Gasteiger partial charge in [-0.25, -0.2) is 8.42 Å². The summed E-state index contributed by atoms with van der Waals surface area (Å²) in [6.07, 6.45) is 1.82. The lowest BCUT2D eigenvalue weighted by Gasteiger charge is -2.31. The van der Waals surface area contributed by atoms with E-state index in [9.17, 15) is 8.42 Å². The summed E-state index contributed by atoms with van der Waals surface area (Å²) in [5, 5.41) is 0. The van der Waals surface area contributed by atoms with Crippen molar-refractivity contribution < 1.29 is 8.42 Å². The highest BCUT2D eigenvalue weighted by Crippen LogP contribution is 2.34. The first-order valence-electron chi connectivity index (χ1n) is 6.61. The van der Waals surface area contributed by atoms with E-state index in [1.807, 2.05) is 32.9 Å². The Hall–Kier alpha value is -0.910. The molecule has 4 nitrogen and oxygen atoms in total. The first-order chi connectivity index (χ1) is 8.79. The minimum Gasteiger partial charge on any atom is -0.326 e. The van der Waals surface area contributed by atoms with Gasteiger partial charge in [0, 0.05) is 18.6 Å². The third kappa shape index (κ3) is 2.55. The molecular weight excluding hydrogens is 260 g/mol. The number of nitrogens with zero attached hydrogens (tertiary/aromatic N) is 1. The molecule has 0 aliphatic carbocycles. The molecule has 1 fully saturated rings. The summed E-state index contributed by atoms with van der Waals surface area (Å²) >= 11 is 0. The van der Waals surface area contributed by atoms with Crippen LogP contribution in [0.3, 0.4) is 0 Å². The fourth-order valence-electron chi connectivity index (χ4n) is 2.70. The quantitative estimate of drug-likeness (QED) is 0.922. The van der Waals surface area contributed by atoms with Crippen molar-refractivity contribution in [3.63, 3.8) is 0 Å². The molecule has 0 unspecified atom stereocenters. The Bertz CT molecular complexity index is 579. The van der Waals surface area contributed by atoms with Crippen molar-refractivity contribution in [1.29, 1.82) is 0 Å².